The fourth-order valence-corrected chi connectivity index (χ4v) is 3.65. The Balaban J connectivity index is 1.79. The Kier molecular flexibility index (Phi) is 6.43. The van der Waals surface area contributed by atoms with Gasteiger partial charge in [0.2, 0.25) is 0 Å². The number of thioether (sulfide) groups is 1. The van der Waals surface area contributed by atoms with Gasteiger partial charge in [0.1, 0.15) is 5.75 Å². The van der Waals surface area contributed by atoms with Crippen LogP contribution in [0.4, 0.5) is 4.79 Å². The molecule has 1 heterocycles. The average Bonchev–Trinajstić information content (AvgIpc) is 2.71. The van der Waals surface area contributed by atoms with Gasteiger partial charge in [-0.2, -0.15) is 11.8 Å². The minimum Gasteiger partial charge on any atom is -0.508 e. The molecule has 22 heavy (non-hydrogen) atoms. The number of carbonyl (C=O) groups is 1. The molecule has 1 aliphatic rings. The van der Waals surface area contributed by atoms with E-state index in [2.05, 4.69) is 19.2 Å². The van der Waals surface area contributed by atoms with Crippen LogP contribution in [0.3, 0.4) is 0 Å². The Bertz CT molecular complexity index is 478. The topological polar surface area (TPSA) is 52.6 Å². The Hall–Kier alpha value is -1.36. The van der Waals surface area contributed by atoms with Crippen LogP contribution in [0.2, 0.25) is 0 Å². The van der Waals surface area contributed by atoms with Gasteiger partial charge in [0, 0.05) is 24.4 Å². The van der Waals surface area contributed by atoms with E-state index in [1.807, 2.05) is 28.8 Å². The number of urea groups is 1. The molecule has 1 fully saturated rings. The van der Waals surface area contributed by atoms with Gasteiger partial charge in [-0.05, 0) is 56.6 Å². The fraction of sp³-hybridized carbons (Fsp3) is 0.588. The van der Waals surface area contributed by atoms with Gasteiger partial charge in [-0.1, -0.05) is 12.1 Å². The molecule has 1 aromatic carbocycles. The first-order valence-corrected chi connectivity index (χ1v) is 9.14. The average molecular weight is 322 g/mol. The van der Waals surface area contributed by atoms with Crippen LogP contribution >= 0.6 is 11.8 Å². The van der Waals surface area contributed by atoms with E-state index in [9.17, 15) is 9.90 Å². The van der Waals surface area contributed by atoms with E-state index < -0.39 is 0 Å². The number of hydrogen-bond acceptors (Lipinski definition) is 3. The molecular formula is C17H26N2O2S. The molecule has 0 radical (unpaired) electrons. The number of phenolic OH excluding ortho intramolecular Hbond substituents is 1. The standard InChI is InChI=1S/C17H26N2O2S/c1-13(3-4-15-5-7-16(20)8-6-15)18-17(21)19-10-12-22-11-9-14(19)2/h5-8,13-14,20H,3-4,9-12H2,1-2H3,(H,18,21). The number of benzene rings is 1. The van der Waals surface area contributed by atoms with Gasteiger partial charge < -0.3 is 15.3 Å². The van der Waals surface area contributed by atoms with Crippen LogP contribution in [0.5, 0.6) is 5.75 Å². The summed E-state index contributed by atoms with van der Waals surface area (Å²) in [5, 5.41) is 12.4. The van der Waals surface area contributed by atoms with Crippen molar-refractivity contribution < 1.29 is 9.90 Å². The van der Waals surface area contributed by atoms with Crippen LogP contribution in [0.25, 0.3) is 0 Å². The highest BCUT2D eigenvalue weighted by Gasteiger charge is 2.22. The van der Waals surface area contributed by atoms with E-state index in [1.54, 1.807) is 12.1 Å². The van der Waals surface area contributed by atoms with E-state index in [0.29, 0.717) is 6.04 Å². The van der Waals surface area contributed by atoms with E-state index in [4.69, 9.17) is 0 Å². The number of aryl methyl sites for hydroxylation is 1. The Morgan fingerprint density at radius 3 is 2.86 bits per heavy atom. The molecule has 1 aliphatic heterocycles. The summed E-state index contributed by atoms with van der Waals surface area (Å²) in [6, 6.07) is 7.79. The lowest BCUT2D eigenvalue weighted by atomic mass is 10.1. The molecule has 1 aromatic rings. The lowest BCUT2D eigenvalue weighted by Gasteiger charge is -2.28. The summed E-state index contributed by atoms with van der Waals surface area (Å²) in [5.74, 6) is 2.46. The molecule has 2 N–H and O–H groups in total. The first-order valence-electron chi connectivity index (χ1n) is 7.99. The van der Waals surface area contributed by atoms with Crippen LogP contribution < -0.4 is 5.32 Å². The molecule has 122 valence electrons. The van der Waals surface area contributed by atoms with Crippen molar-refractivity contribution in [2.24, 2.45) is 0 Å². The third-order valence-electron chi connectivity index (χ3n) is 4.12. The number of amides is 2. The number of phenols is 1. The zero-order valence-corrected chi connectivity index (χ0v) is 14.2. The largest absolute Gasteiger partial charge is 0.508 e. The predicted octanol–water partition coefficient (Wildman–Crippen LogP) is 3.25. The molecule has 1 saturated heterocycles. The highest BCUT2D eigenvalue weighted by Crippen LogP contribution is 2.16. The van der Waals surface area contributed by atoms with Crippen LogP contribution in [0.1, 0.15) is 32.3 Å². The molecule has 0 aliphatic carbocycles. The van der Waals surface area contributed by atoms with Gasteiger partial charge >= 0.3 is 6.03 Å². The van der Waals surface area contributed by atoms with Crippen LogP contribution in [-0.2, 0) is 6.42 Å². The number of aromatic hydroxyl groups is 1. The summed E-state index contributed by atoms with van der Waals surface area (Å²) in [6.07, 6.45) is 2.86. The predicted molar refractivity (Wildman–Crippen MR) is 92.5 cm³/mol. The quantitative estimate of drug-likeness (QED) is 0.894. The summed E-state index contributed by atoms with van der Waals surface area (Å²) in [5.41, 5.74) is 1.18. The minimum absolute atomic E-state index is 0.0632. The third kappa shape index (κ3) is 5.13. The smallest absolute Gasteiger partial charge is 0.317 e. The van der Waals surface area contributed by atoms with E-state index in [1.165, 1.54) is 5.56 Å². The monoisotopic (exact) mass is 322 g/mol. The van der Waals surface area contributed by atoms with Crippen molar-refractivity contribution in [1.29, 1.82) is 0 Å². The molecule has 2 amide bonds. The van der Waals surface area contributed by atoms with Crippen molar-refractivity contribution in [2.75, 3.05) is 18.1 Å². The molecule has 2 rings (SSSR count). The normalized spacial score (nSPS) is 20.3. The van der Waals surface area contributed by atoms with Crippen molar-refractivity contribution in [2.45, 2.75) is 45.2 Å². The second kappa shape index (κ2) is 8.32. The van der Waals surface area contributed by atoms with Crippen molar-refractivity contribution in [3.05, 3.63) is 29.8 Å². The van der Waals surface area contributed by atoms with E-state index in [-0.39, 0.29) is 17.8 Å². The van der Waals surface area contributed by atoms with Crippen molar-refractivity contribution >= 4 is 17.8 Å². The maximum atomic E-state index is 12.4. The zero-order valence-electron chi connectivity index (χ0n) is 13.4. The van der Waals surface area contributed by atoms with Crippen molar-refractivity contribution in [1.82, 2.24) is 10.2 Å². The first kappa shape index (κ1) is 17.0. The Labute approximate surface area is 137 Å². The molecule has 0 bridgehead atoms. The SMILES string of the molecule is CC(CCc1ccc(O)cc1)NC(=O)N1CCSCCC1C. The molecular weight excluding hydrogens is 296 g/mol. The number of hydrogen-bond donors (Lipinski definition) is 2. The van der Waals surface area contributed by atoms with Gasteiger partial charge in [0.15, 0.2) is 0 Å². The van der Waals surface area contributed by atoms with Crippen LogP contribution in [0, 0.1) is 0 Å². The van der Waals surface area contributed by atoms with Gasteiger partial charge in [0.25, 0.3) is 0 Å². The molecule has 2 atom stereocenters. The fourth-order valence-electron chi connectivity index (χ4n) is 2.61. The summed E-state index contributed by atoms with van der Waals surface area (Å²) >= 11 is 1.93. The number of nitrogens with one attached hydrogen (secondary N) is 1. The maximum absolute atomic E-state index is 12.4. The molecule has 5 heteroatoms. The summed E-state index contributed by atoms with van der Waals surface area (Å²) in [4.78, 5) is 14.4. The number of carbonyl (C=O) groups excluding carboxylic acids is 1. The van der Waals surface area contributed by atoms with Crippen molar-refractivity contribution in [3.8, 4) is 5.75 Å². The molecule has 2 unspecified atom stereocenters. The van der Waals surface area contributed by atoms with E-state index >= 15 is 0 Å². The lowest BCUT2D eigenvalue weighted by molar-refractivity contribution is 0.179. The number of rotatable bonds is 4. The summed E-state index contributed by atoms with van der Waals surface area (Å²) in [7, 11) is 0. The Morgan fingerprint density at radius 2 is 2.14 bits per heavy atom. The zero-order chi connectivity index (χ0) is 15.9. The summed E-state index contributed by atoms with van der Waals surface area (Å²) in [6.45, 7) is 5.02. The highest BCUT2D eigenvalue weighted by molar-refractivity contribution is 7.99. The molecule has 4 nitrogen and oxygen atoms in total. The second-order valence-corrected chi connectivity index (χ2v) is 7.22. The van der Waals surface area contributed by atoms with Crippen LogP contribution in [0.15, 0.2) is 24.3 Å². The Morgan fingerprint density at radius 1 is 1.41 bits per heavy atom. The van der Waals surface area contributed by atoms with Gasteiger partial charge in [-0.25, -0.2) is 4.79 Å². The van der Waals surface area contributed by atoms with Gasteiger partial charge in [0.05, 0.1) is 0 Å². The molecule has 0 aromatic heterocycles. The molecule has 0 spiro atoms. The molecule has 0 saturated carbocycles. The second-order valence-electron chi connectivity index (χ2n) is 6.00. The minimum atomic E-state index is 0.0632. The van der Waals surface area contributed by atoms with E-state index in [0.717, 1.165) is 37.3 Å². The number of nitrogens with zero attached hydrogens (tertiary/aromatic N) is 1. The first-order chi connectivity index (χ1) is 10.6. The maximum Gasteiger partial charge on any atom is 0.317 e. The van der Waals surface area contributed by atoms with Crippen LogP contribution in [-0.4, -0.2) is 46.2 Å². The van der Waals surface area contributed by atoms with Gasteiger partial charge in [-0.15, -0.1) is 0 Å². The third-order valence-corrected chi connectivity index (χ3v) is 5.12. The van der Waals surface area contributed by atoms with Crippen molar-refractivity contribution in [3.63, 3.8) is 0 Å². The lowest BCUT2D eigenvalue weighted by Crippen LogP contribution is -2.48. The van der Waals surface area contributed by atoms with Gasteiger partial charge in [-0.3, -0.25) is 0 Å². The highest BCUT2D eigenvalue weighted by atomic mass is 32.2. The summed E-state index contributed by atoms with van der Waals surface area (Å²) < 4.78 is 0.